The Morgan fingerprint density at radius 2 is 1.70 bits per heavy atom. The summed E-state index contributed by atoms with van der Waals surface area (Å²) >= 11 is 0. The lowest BCUT2D eigenvalue weighted by molar-refractivity contribution is 0.259. The van der Waals surface area contributed by atoms with Gasteiger partial charge in [-0.3, -0.25) is 9.46 Å². The Labute approximate surface area is 275 Å². The predicted octanol–water partition coefficient (Wildman–Crippen LogP) is 5.14. The van der Waals surface area contributed by atoms with Gasteiger partial charge in [-0.25, -0.2) is 0 Å². The summed E-state index contributed by atoms with van der Waals surface area (Å²) in [5, 5.41) is 14.2. The second-order valence-corrected chi connectivity index (χ2v) is 16.1. The number of nitrogens with two attached hydrogens (primary N) is 1. The molecule has 2 aromatic rings. The first kappa shape index (κ1) is 33.5. The number of fused-ring (bicyclic) bond motifs is 1. The van der Waals surface area contributed by atoms with Gasteiger partial charge in [-0.05, 0) is 82.5 Å². The molecule has 1 aromatic carbocycles. The molecule has 1 aromatic heterocycles. The van der Waals surface area contributed by atoms with Crippen molar-refractivity contribution in [2.45, 2.75) is 76.9 Å². The van der Waals surface area contributed by atoms with Gasteiger partial charge in [0.2, 0.25) is 5.95 Å². The minimum Gasteiger partial charge on any atom is -0.383 e. The van der Waals surface area contributed by atoms with Crippen molar-refractivity contribution in [1.82, 2.24) is 25.5 Å². The molecule has 1 unspecified atom stereocenters. The number of aromatic nitrogens is 2. The van der Waals surface area contributed by atoms with Gasteiger partial charge in [0.1, 0.15) is 11.6 Å². The number of hydrogen-bond acceptors (Lipinski definition) is 10. The smallest absolute Gasteiger partial charge is 0.295 e. The normalized spacial score (nSPS) is 26.0. The monoisotopic (exact) mass is 653 g/mol. The molecule has 12 heteroatoms. The van der Waals surface area contributed by atoms with Crippen molar-refractivity contribution in [2.75, 3.05) is 86.1 Å². The van der Waals surface area contributed by atoms with E-state index >= 15 is 0 Å². The molecule has 254 valence electrons. The summed E-state index contributed by atoms with van der Waals surface area (Å²) < 4.78 is 19.1. The first-order valence-corrected chi connectivity index (χ1v) is 19.7. The van der Waals surface area contributed by atoms with Gasteiger partial charge < -0.3 is 36.2 Å². The van der Waals surface area contributed by atoms with Crippen molar-refractivity contribution in [2.24, 2.45) is 11.8 Å². The van der Waals surface area contributed by atoms with E-state index in [0.29, 0.717) is 30.5 Å². The standard InChI is InChI=1S/C34H56N9O2P/c35-32-23-33(43-19-17-42(18-20-43)21-22-46(44)41-31-10-5-4-7-29(31)26-45-46)40-34(39-32)38-25-28-13-11-27(12-14-28)24-36-15-6-16-37-30-8-2-1-3-9-30/h4-5,7,10,23,27-28,30,36-37H,1-3,6,8-9,11-22,24-26H2,(H,41,44)(H3,35,38,39,40)/t27-,28-,46?. The van der Waals surface area contributed by atoms with Crippen LogP contribution in [0.4, 0.5) is 23.3 Å². The third-order valence-electron chi connectivity index (χ3n) is 10.4. The van der Waals surface area contributed by atoms with Crippen LogP contribution in [0.1, 0.15) is 69.8 Å². The van der Waals surface area contributed by atoms with Gasteiger partial charge in [-0.15, -0.1) is 0 Å². The number of para-hydroxylation sites is 1. The molecule has 3 heterocycles. The summed E-state index contributed by atoms with van der Waals surface area (Å²) in [6.45, 7) is 8.87. The molecule has 0 radical (unpaired) electrons. The Balaban J connectivity index is 0.858. The van der Waals surface area contributed by atoms with Crippen LogP contribution in [0.15, 0.2) is 30.3 Å². The highest BCUT2D eigenvalue weighted by atomic mass is 31.2. The summed E-state index contributed by atoms with van der Waals surface area (Å²) in [4.78, 5) is 14.0. The van der Waals surface area contributed by atoms with E-state index in [0.717, 1.165) is 87.9 Å². The Bertz CT molecular complexity index is 1280. The number of anilines is 4. The lowest BCUT2D eigenvalue weighted by atomic mass is 9.82. The average Bonchev–Trinajstić information content (AvgIpc) is 3.09. The summed E-state index contributed by atoms with van der Waals surface area (Å²) in [7, 11) is -2.89. The van der Waals surface area contributed by atoms with E-state index in [4.69, 9.17) is 15.2 Å². The van der Waals surface area contributed by atoms with Crippen LogP contribution in [-0.2, 0) is 15.7 Å². The number of nitrogens with one attached hydrogen (secondary N) is 4. The van der Waals surface area contributed by atoms with Gasteiger partial charge in [-0.2, -0.15) is 9.97 Å². The molecule has 1 saturated heterocycles. The minimum atomic E-state index is -2.89. The fourth-order valence-corrected chi connectivity index (χ4v) is 9.22. The first-order valence-electron chi connectivity index (χ1n) is 17.9. The van der Waals surface area contributed by atoms with Crippen LogP contribution in [0.25, 0.3) is 0 Å². The highest BCUT2D eigenvalue weighted by molar-refractivity contribution is 7.60. The zero-order chi connectivity index (χ0) is 31.6. The molecule has 2 aliphatic carbocycles. The second-order valence-electron chi connectivity index (χ2n) is 13.9. The Kier molecular flexibility index (Phi) is 12.1. The number of piperazine rings is 1. The van der Waals surface area contributed by atoms with Gasteiger partial charge in [0.25, 0.3) is 7.52 Å². The number of rotatable bonds is 14. The topological polar surface area (TPSA) is 133 Å². The van der Waals surface area contributed by atoms with E-state index in [-0.39, 0.29) is 0 Å². The van der Waals surface area contributed by atoms with E-state index in [1.165, 1.54) is 64.2 Å². The SMILES string of the molecule is Nc1cc(N2CCN(CCP3(=O)Nc4ccccc4CO3)CC2)nc(NC[C@H]2CC[C@H](CNCCCNC3CCCCC3)CC2)n1. The fraction of sp³-hybridized carbons (Fsp3) is 0.706. The fourth-order valence-electron chi connectivity index (χ4n) is 7.44. The van der Waals surface area contributed by atoms with Crippen molar-refractivity contribution in [3.63, 3.8) is 0 Å². The van der Waals surface area contributed by atoms with E-state index < -0.39 is 7.52 Å². The molecule has 0 amide bonds. The molecule has 2 saturated carbocycles. The van der Waals surface area contributed by atoms with Crippen molar-refractivity contribution in [3.05, 3.63) is 35.9 Å². The van der Waals surface area contributed by atoms with E-state index in [2.05, 4.69) is 35.8 Å². The highest BCUT2D eigenvalue weighted by Crippen LogP contribution is 2.51. The quantitative estimate of drug-likeness (QED) is 0.137. The van der Waals surface area contributed by atoms with Crippen molar-refractivity contribution in [1.29, 1.82) is 0 Å². The molecular weight excluding hydrogens is 597 g/mol. The molecule has 0 spiro atoms. The molecule has 1 atom stereocenters. The van der Waals surface area contributed by atoms with Crippen LogP contribution in [-0.4, -0.2) is 86.0 Å². The number of hydrogen-bond donors (Lipinski definition) is 5. The van der Waals surface area contributed by atoms with Crippen molar-refractivity contribution in [3.8, 4) is 0 Å². The van der Waals surface area contributed by atoms with Gasteiger partial charge in [-0.1, -0.05) is 37.5 Å². The summed E-state index contributed by atoms with van der Waals surface area (Å²) in [6.07, 6.45) is 13.8. The first-order chi connectivity index (χ1) is 22.5. The molecule has 4 aliphatic rings. The van der Waals surface area contributed by atoms with Gasteiger partial charge in [0.15, 0.2) is 0 Å². The van der Waals surface area contributed by atoms with E-state index in [9.17, 15) is 4.57 Å². The predicted molar refractivity (Wildman–Crippen MR) is 189 cm³/mol. The number of nitrogen functional groups attached to an aromatic ring is 1. The minimum absolute atomic E-state index is 0.400. The van der Waals surface area contributed by atoms with Crippen LogP contribution in [0.3, 0.4) is 0 Å². The lowest BCUT2D eigenvalue weighted by Crippen LogP contribution is -2.47. The van der Waals surface area contributed by atoms with Gasteiger partial charge >= 0.3 is 0 Å². The molecular formula is C34H56N9O2P. The second kappa shape index (κ2) is 16.6. The molecule has 3 fully saturated rings. The summed E-state index contributed by atoms with van der Waals surface area (Å²) in [6, 6.07) is 10.6. The third-order valence-corrected chi connectivity index (χ3v) is 12.3. The van der Waals surface area contributed by atoms with Crippen LogP contribution in [0.2, 0.25) is 0 Å². The zero-order valence-corrected chi connectivity index (χ0v) is 28.5. The Hall–Kier alpha value is -2.43. The van der Waals surface area contributed by atoms with Gasteiger partial charge in [0, 0.05) is 62.6 Å². The third kappa shape index (κ3) is 9.80. The maximum Gasteiger partial charge on any atom is 0.295 e. The van der Waals surface area contributed by atoms with Crippen molar-refractivity contribution < 1.29 is 9.09 Å². The maximum absolute atomic E-state index is 13.3. The largest absolute Gasteiger partial charge is 0.383 e. The molecule has 0 bridgehead atoms. The van der Waals surface area contributed by atoms with Crippen LogP contribution in [0.5, 0.6) is 0 Å². The molecule has 6 N–H and O–H groups in total. The van der Waals surface area contributed by atoms with Crippen molar-refractivity contribution >= 4 is 30.8 Å². The number of benzene rings is 1. The Morgan fingerprint density at radius 1 is 0.935 bits per heavy atom. The Morgan fingerprint density at radius 3 is 2.50 bits per heavy atom. The molecule has 6 rings (SSSR count). The van der Waals surface area contributed by atoms with Crippen LogP contribution in [0, 0.1) is 11.8 Å². The summed E-state index contributed by atoms with van der Waals surface area (Å²) in [5.74, 6) is 3.44. The average molecular weight is 654 g/mol. The molecule has 46 heavy (non-hydrogen) atoms. The molecule has 11 nitrogen and oxygen atoms in total. The summed E-state index contributed by atoms with van der Waals surface area (Å²) in [5.41, 5.74) is 8.21. The van der Waals surface area contributed by atoms with Crippen LogP contribution >= 0.6 is 7.52 Å². The lowest BCUT2D eigenvalue weighted by Gasteiger charge is -2.36. The van der Waals surface area contributed by atoms with Crippen LogP contribution < -0.4 is 31.7 Å². The molecule has 2 aliphatic heterocycles. The maximum atomic E-state index is 13.3. The van der Waals surface area contributed by atoms with E-state index in [1.54, 1.807) is 0 Å². The highest BCUT2D eigenvalue weighted by Gasteiger charge is 2.30. The zero-order valence-electron chi connectivity index (χ0n) is 27.6. The van der Waals surface area contributed by atoms with Gasteiger partial charge in [0.05, 0.1) is 12.8 Å². The number of nitrogens with zero attached hydrogens (tertiary/aromatic N) is 4. The van der Waals surface area contributed by atoms with E-state index in [1.807, 2.05) is 30.3 Å².